The van der Waals surface area contributed by atoms with E-state index >= 15 is 0 Å². The van der Waals surface area contributed by atoms with Gasteiger partial charge in [-0.2, -0.15) is 0 Å². The summed E-state index contributed by atoms with van der Waals surface area (Å²) in [7, 11) is 0. The molecular weight excluding hydrogens is 337 g/mol. The van der Waals surface area contributed by atoms with Crippen LogP contribution in [0.3, 0.4) is 0 Å². The van der Waals surface area contributed by atoms with Crippen LogP contribution in [0.4, 0.5) is 9.18 Å². The average Bonchev–Trinajstić information content (AvgIpc) is 2.87. The van der Waals surface area contributed by atoms with E-state index in [2.05, 4.69) is 17.6 Å². The summed E-state index contributed by atoms with van der Waals surface area (Å²) in [6.45, 7) is 4.08. The minimum Gasteiger partial charge on any atom is -0.355 e. The molecule has 7 heteroatoms. The molecule has 0 saturated carbocycles. The van der Waals surface area contributed by atoms with Crippen molar-refractivity contribution in [2.24, 2.45) is 0 Å². The predicted octanol–water partition coefficient (Wildman–Crippen LogP) is 2.68. The molecule has 26 heavy (non-hydrogen) atoms. The van der Waals surface area contributed by atoms with Gasteiger partial charge in [-0.15, -0.1) is 0 Å². The van der Waals surface area contributed by atoms with Gasteiger partial charge in [-0.3, -0.25) is 14.5 Å². The number of halogens is 1. The Morgan fingerprint density at radius 1 is 1.15 bits per heavy atom. The van der Waals surface area contributed by atoms with Gasteiger partial charge in [-0.05, 0) is 30.5 Å². The predicted molar refractivity (Wildman–Crippen MR) is 95.8 cm³/mol. The number of imide groups is 1. The summed E-state index contributed by atoms with van der Waals surface area (Å²) in [5.41, 5.74) is -0.756. The van der Waals surface area contributed by atoms with Gasteiger partial charge in [0.25, 0.3) is 5.91 Å². The van der Waals surface area contributed by atoms with Crippen molar-refractivity contribution in [2.45, 2.75) is 51.5 Å². The summed E-state index contributed by atoms with van der Waals surface area (Å²) in [4.78, 5) is 38.2. The highest BCUT2D eigenvalue weighted by atomic mass is 19.1. The normalized spacial score (nSPS) is 19.6. The fourth-order valence-electron chi connectivity index (χ4n) is 3.12. The number of rotatable bonds is 9. The van der Waals surface area contributed by atoms with Crippen LogP contribution in [0.15, 0.2) is 24.3 Å². The van der Waals surface area contributed by atoms with Crippen LogP contribution in [0.25, 0.3) is 0 Å². The molecule has 1 aromatic rings. The highest BCUT2D eigenvalue weighted by Crippen LogP contribution is 2.32. The topological polar surface area (TPSA) is 78.5 Å². The first-order valence-electron chi connectivity index (χ1n) is 9.11. The maximum Gasteiger partial charge on any atom is 0.325 e. The summed E-state index contributed by atoms with van der Waals surface area (Å²) in [5.74, 6) is -1.27. The summed E-state index contributed by atoms with van der Waals surface area (Å²) < 4.78 is 13.2. The Labute approximate surface area is 153 Å². The number of amides is 4. The molecule has 2 rings (SSSR count). The van der Waals surface area contributed by atoms with E-state index in [4.69, 9.17) is 0 Å². The van der Waals surface area contributed by atoms with Crippen LogP contribution in [0.1, 0.15) is 51.5 Å². The van der Waals surface area contributed by atoms with Gasteiger partial charge in [0, 0.05) is 6.54 Å². The molecule has 0 spiro atoms. The monoisotopic (exact) mass is 363 g/mol. The van der Waals surface area contributed by atoms with Crippen LogP contribution in [-0.4, -0.2) is 35.8 Å². The molecule has 1 atom stereocenters. The summed E-state index contributed by atoms with van der Waals surface area (Å²) in [6.07, 6.45) is 4.43. The third kappa shape index (κ3) is 4.20. The summed E-state index contributed by atoms with van der Waals surface area (Å²) in [5, 5.41) is 5.42. The van der Waals surface area contributed by atoms with Crippen molar-refractivity contribution in [1.82, 2.24) is 15.5 Å². The molecule has 1 saturated heterocycles. The highest BCUT2D eigenvalue weighted by molar-refractivity contribution is 6.09. The van der Waals surface area contributed by atoms with E-state index in [-0.39, 0.29) is 12.5 Å². The lowest BCUT2D eigenvalue weighted by molar-refractivity contribution is -0.135. The molecule has 1 aliphatic heterocycles. The number of unbranched alkanes of at least 4 members (excludes halogenated alkanes) is 3. The zero-order valence-electron chi connectivity index (χ0n) is 15.3. The molecule has 0 aromatic heterocycles. The van der Waals surface area contributed by atoms with E-state index < -0.39 is 23.3 Å². The standard InChI is InChI=1S/C19H26FN3O3/c1-3-5-6-7-12-21-16(24)13-23-17(25)19(4-2,22-18(23)26)14-8-10-15(20)11-9-14/h8-11H,3-7,12-13H2,1-2H3,(H,21,24)(H,22,26). The Balaban J connectivity index is 2.03. The molecule has 1 aromatic carbocycles. The minimum absolute atomic E-state index is 0.304. The second kappa shape index (κ2) is 8.78. The Hall–Kier alpha value is -2.44. The molecule has 1 heterocycles. The molecule has 1 aliphatic rings. The first-order chi connectivity index (χ1) is 12.4. The van der Waals surface area contributed by atoms with Crippen molar-refractivity contribution in [3.8, 4) is 0 Å². The van der Waals surface area contributed by atoms with Crippen LogP contribution in [0, 0.1) is 5.82 Å². The number of benzene rings is 1. The van der Waals surface area contributed by atoms with Crippen molar-refractivity contribution >= 4 is 17.8 Å². The SMILES string of the molecule is CCCCCCNC(=O)CN1C(=O)NC(CC)(c2ccc(F)cc2)C1=O. The highest BCUT2D eigenvalue weighted by Gasteiger charge is 2.51. The zero-order valence-corrected chi connectivity index (χ0v) is 15.3. The van der Waals surface area contributed by atoms with Gasteiger partial charge in [-0.25, -0.2) is 9.18 Å². The molecule has 0 aliphatic carbocycles. The van der Waals surface area contributed by atoms with Gasteiger partial charge >= 0.3 is 6.03 Å². The minimum atomic E-state index is -1.26. The second-order valence-electron chi connectivity index (χ2n) is 6.50. The second-order valence-corrected chi connectivity index (χ2v) is 6.50. The fourth-order valence-corrected chi connectivity index (χ4v) is 3.12. The number of carbonyl (C=O) groups is 3. The quantitative estimate of drug-likeness (QED) is 0.523. The van der Waals surface area contributed by atoms with Gasteiger partial charge in [0.05, 0.1) is 0 Å². The number of urea groups is 1. The lowest BCUT2D eigenvalue weighted by atomic mass is 9.87. The lowest BCUT2D eigenvalue weighted by Crippen LogP contribution is -2.44. The van der Waals surface area contributed by atoms with Crippen molar-refractivity contribution < 1.29 is 18.8 Å². The molecule has 1 fully saturated rings. The van der Waals surface area contributed by atoms with E-state index in [0.29, 0.717) is 18.5 Å². The van der Waals surface area contributed by atoms with Gasteiger partial charge in [0.15, 0.2) is 0 Å². The van der Waals surface area contributed by atoms with Crippen molar-refractivity contribution in [2.75, 3.05) is 13.1 Å². The van der Waals surface area contributed by atoms with Crippen LogP contribution in [0.5, 0.6) is 0 Å². The van der Waals surface area contributed by atoms with E-state index in [1.54, 1.807) is 6.92 Å². The van der Waals surface area contributed by atoms with E-state index in [0.717, 1.165) is 30.6 Å². The van der Waals surface area contributed by atoms with Gasteiger partial charge in [0.1, 0.15) is 17.9 Å². The first kappa shape index (κ1) is 19.9. The molecule has 6 nitrogen and oxygen atoms in total. The Kier molecular flexibility index (Phi) is 6.71. The van der Waals surface area contributed by atoms with Crippen LogP contribution < -0.4 is 10.6 Å². The summed E-state index contributed by atoms with van der Waals surface area (Å²) in [6, 6.07) is 4.85. The van der Waals surface area contributed by atoms with Gasteiger partial charge < -0.3 is 10.6 Å². The number of nitrogens with one attached hydrogen (secondary N) is 2. The molecule has 1 unspecified atom stereocenters. The van der Waals surface area contributed by atoms with E-state index in [1.807, 2.05) is 0 Å². The van der Waals surface area contributed by atoms with Crippen LogP contribution in [0.2, 0.25) is 0 Å². The Morgan fingerprint density at radius 3 is 2.46 bits per heavy atom. The zero-order chi connectivity index (χ0) is 19.2. The number of carbonyl (C=O) groups excluding carboxylic acids is 3. The smallest absolute Gasteiger partial charge is 0.325 e. The molecule has 0 bridgehead atoms. The third-order valence-corrected chi connectivity index (χ3v) is 4.70. The maximum atomic E-state index is 13.2. The lowest BCUT2D eigenvalue weighted by Gasteiger charge is -2.25. The van der Waals surface area contributed by atoms with Crippen molar-refractivity contribution in [1.29, 1.82) is 0 Å². The number of hydrogen-bond acceptors (Lipinski definition) is 3. The maximum absolute atomic E-state index is 13.2. The molecule has 142 valence electrons. The van der Waals surface area contributed by atoms with Crippen LogP contribution >= 0.6 is 0 Å². The molecule has 0 radical (unpaired) electrons. The average molecular weight is 363 g/mol. The van der Waals surface area contributed by atoms with Crippen molar-refractivity contribution in [3.05, 3.63) is 35.6 Å². The molecular formula is C19H26FN3O3. The van der Waals surface area contributed by atoms with E-state index in [9.17, 15) is 18.8 Å². The van der Waals surface area contributed by atoms with Crippen LogP contribution in [-0.2, 0) is 15.1 Å². The first-order valence-corrected chi connectivity index (χ1v) is 9.11. The molecule has 4 amide bonds. The summed E-state index contributed by atoms with van der Waals surface area (Å²) >= 11 is 0. The Bertz CT molecular complexity index is 662. The largest absolute Gasteiger partial charge is 0.355 e. The van der Waals surface area contributed by atoms with Crippen molar-refractivity contribution in [3.63, 3.8) is 0 Å². The van der Waals surface area contributed by atoms with E-state index in [1.165, 1.54) is 24.3 Å². The Morgan fingerprint density at radius 2 is 1.85 bits per heavy atom. The molecule has 2 N–H and O–H groups in total. The fraction of sp³-hybridized carbons (Fsp3) is 0.526. The number of nitrogens with zero attached hydrogens (tertiary/aromatic N) is 1. The third-order valence-electron chi connectivity index (χ3n) is 4.70. The van der Waals surface area contributed by atoms with Gasteiger partial charge in [-0.1, -0.05) is 45.2 Å². The number of hydrogen-bond donors (Lipinski definition) is 2. The van der Waals surface area contributed by atoms with Gasteiger partial charge in [0.2, 0.25) is 5.91 Å².